The molecule has 0 aromatic carbocycles. The molecule has 0 spiro atoms. The van der Waals surface area contributed by atoms with Crippen molar-refractivity contribution in [3.8, 4) is 0 Å². The summed E-state index contributed by atoms with van der Waals surface area (Å²) in [6.07, 6.45) is 0.519. The number of halogens is 1. The zero-order valence-electron chi connectivity index (χ0n) is 10.0. The highest BCUT2D eigenvalue weighted by molar-refractivity contribution is 6.33. The summed E-state index contributed by atoms with van der Waals surface area (Å²) in [5.74, 6) is -0.330. The van der Waals surface area contributed by atoms with Crippen LogP contribution in [0.25, 0.3) is 0 Å². The second kappa shape index (κ2) is 5.12. The van der Waals surface area contributed by atoms with E-state index in [-0.39, 0.29) is 22.7 Å². The van der Waals surface area contributed by atoms with E-state index in [0.717, 1.165) is 13.0 Å². The number of carboxylic acids is 1. The SMILES string of the molecule is CC(O)C1CCN(c2ccc(Cl)c(C(=O)O)n2)C1. The van der Waals surface area contributed by atoms with Crippen LogP contribution in [0.1, 0.15) is 23.8 Å². The first-order valence-electron chi connectivity index (χ1n) is 5.82. The minimum absolute atomic E-state index is 0.130. The van der Waals surface area contributed by atoms with Gasteiger partial charge in [-0.15, -0.1) is 0 Å². The summed E-state index contributed by atoms with van der Waals surface area (Å²) in [6, 6.07) is 3.25. The van der Waals surface area contributed by atoms with Gasteiger partial charge in [0.15, 0.2) is 5.69 Å². The van der Waals surface area contributed by atoms with E-state index in [2.05, 4.69) is 4.98 Å². The van der Waals surface area contributed by atoms with Gasteiger partial charge >= 0.3 is 5.97 Å². The average molecular weight is 271 g/mol. The maximum absolute atomic E-state index is 11.0. The largest absolute Gasteiger partial charge is 0.476 e. The van der Waals surface area contributed by atoms with Crippen LogP contribution in [0.15, 0.2) is 12.1 Å². The van der Waals surface area contributed by atoms with E-state index in [4.69, 9.17) is 16.7 Å². The normalized spacial score (nSPS) is 21.1. The Morgan fingerprint density at radius 3 is 2.89 bits per heavy atom. The molecule has 18 heavy (non-hydrogen) atoms. The molecule has 0 bridgehead atoms. The predicted molar refractivity (Wildman–Crippen MR) is 68.2 cm³/mol. The standard InChI is InChI=1S/C12H15ClN2O3/c1-7(16)8-4-5-15(6-8)10-3-2-9(13)11(14-10)12(17)18/h2-3,7-8,16H,4-6H2,1H3,(H,17,18). The second-order valence-corrected chi connectivity index (χ2v) is 4.95. The van der Waals surface area contributed by atoms with Crippen LogP contribution in [0.3, 0.4) is 0 Å². The highest BCUT2D eigenvalue weighted by Crippen LogP contribution is 2.26. The Labute approximate surface area is 110 Å². The Morgan fingerprint density at radius 1 is 1.61 bits per heavy atom. The van der Waals surface area contributed by atoms with E-state index in [1.54, 1.807) is 19.1 Å². The summed E-state index contributed by atoms with van der Waals surface area (Å²) in [7, 11) is 0. The maximum Gasteiger partial charge on any atom is 0.356 e. The molecule has 1 fully saturated rings. The van der Waals surface area contributed by atoms with Gasteiger partial charge in [-0.2, -0.15) is 0 Å². The van der Waals surface area contributed by atoms with Gasteiger partial charge in [0, 0.05) is 19.0 Å². The van der Waals surface area contributed by atoms with Gasteiger partial charge < -0.3 is 15.1 Å². The molecule has 0 saturated carbocycles. The third-order valence-corrected chi connectivity index (χ3v) is 3.57. The van der Waals surface area contributed by atoms with Crippen LogP contribution in [-0.4, -0.2) is 40.4 Å². The summed E-state index contributed by atoms with van der Waals surface area (Å²) >= 11 is 5.78. The number of carbonyl (C=O) groups is 1. The fraction of sp³-hybridized carbons (Fsp3) is 0.500. The van der Waals surface area contributed by atoms with Crippen LogP contribution in [-0.2, 0) is 0 Å². The van der Waals surface area contributed by atoms with Crippen molar-refractivity contribution in [1.29, 1.82) is 0 Å². The summed E-state index contributed by atoms with van der Waals surface area (Å²) in [5, 5.41) is 18.6. The van der Waals surface area contributed by atoms with Gasteiger partial charge in [-0.25, -0.2) is 9.78 Å². The molecule has 2 rings (SSSR count). The summed E-state index contributed by atoms with van der Waals surface area (Å²) in [5.41, 5.74) is -0.130. The molecule has 1 aromatic heterocycles. The highest BCUT2D eigenvalue weighted by Gasteiger charge is 2.27. The smallest absolute Gasteiger partial charge is 0.356 e. The molecule has 2 atom stereocenters. The number of aromatic carboxylic acids is 1. The third-order valence-electron chi connectivity index (χ3n) is 3.26. The Kier molecular flexibility index (Phi) is 3.73. The van der Waals surface area contributed by atoms with Crippen LogP contribution in [0, 0.1) is 5.92 Å². The topological polar surface area (TPSA) is 73.7 Å². The predicted octanol–water partition coefficient (Wildman–Crippen LogP) is 1.64. The number of rotatable bonds is 3. The van der Waals surface area contributed by atoms with Gasteiger partial charge in [-0.3, -0.25) is 0 Å². The van der Waals surface area contributed by atoms with Crippen LogP contribution >= 0.6 is 11.6 Å². The van der Waals surface area contributed by atoms with Crippen molar-refractivity contribution < 1.29 is 15.0 Å². The Hall–Kier alpha value is -1.33. The molecule has 6 heteroatoms. The van der Waals surface area contributed by atoms with Gasteiger partial charge in [0.05, 0.1) is 11.1 Å². The number of hydrogen-bond donors (Lipinski definition) is 2. The van der Waals surface area contributed by atoms with E-state index in [9.17, 15) is 9.90 Å². The van der Waals surface area contributed by atoms with E-state index in [0.29, 0.717) is 12.4 Å². The van der Waals surface area contributed by atoms with E-state index in [1.807, 2.05) is 4.90 Å². The molecule has 0 aliphatic carbocycles. The highest BCUT2D eigenvalue weighted by atomic mass is 35.5. The van der Waals surface area contributed by atoms with Crippen molar-refractivity contribution in [3.05, 3.63) is 22.8 Å². The molecule has 1 saturated heterocycles. The first-order chi connectivity index (χ1) is 8.49. The maximum atomic E-state index is 11.0. The Balaban J connectivity index is 2.20. The van der Waals surface area contributed by atoms with Gasteiger partial charge in [0.2, 0.25) is 0 Å². The van der Waals surface area contributed by atoms with Crippen molar-refractivity contribution in [2.75, 3.05) is 18.0 Å². The lowest BCUT2D eigenvalue weighted by atomic mass is 10.0. The van der Waals surface area contributed by atoms with E-state index >= 15 is 0 Å². The van der Waals surface area contributed by atoms with Gasteiger partial charge in [-0.1, -0.05) is 11.6 Å². The summed E-state index contributed by atoms with van der Waals surface area (Å²) in [6.45, 7) is 3.22. The molecule has 5 nitrogen and oxygen atoms in total. The fourth-order valence-corrected chi connectivity index (χ4v) is 2.33. The minimum atomic E-state index is -1.13. The molecule has 98 valence electrons. The lowest BCUT2D eigenvalue weighted by Gasteiger charge is -2.19. The van der Waals surface area contributed by atoms with Crippen LogP contribution < -0.4 is 4.90 Å². The number of hydrogen-bond acceptors (Lipinski definition) is 4. The third kappa shape index (κ3) is 2.57. The van der Waals surface area contributed by atoms with E-state index in [1.165, 1.54) is 0 Å². The molecule has 1 aliphatic heterocycles. The van der Waals surface area contributed by atoms with Crippen molar-refractivity contribution in [1.82, 2.24) is 4.98 Å². The second-order valence-electron chi connectivity index (χ2n) is 4.54. The lowest BCUT2D eigenvalue weighted by molar-refractivity contribution is 0.0690. The number of anilines is 1. The molecule has 2 N–H and O–H groups in total. The number of aliphatic hydroxyl groups excluding tert-OH is 1. The molecular weight excluding hydrogens is 256 g/mol. The monoisotopic (exact) mass is 270 g/mol. The Bertz CT molecular complexity index is 465. The molecule has 1 aliphatic rings. The van der Waals surface area contributed by atoms with Crippen LogP contribution in [0.5, 0.6) is 0 Å². The van der Waals surface area contributed by atoms with Crippen molar-refractivity contribution >= 4 is 23.4 Å². The fourth-order valence-electron chi connectivity index (χ4n) is 2.15. The Morgan fingerprint density at radius 2 is 2.33 bits per heavy atom. The number of pyridine rings is 1. The van der Waals surface area contributed by atoms with Crippen LogP contribution in [0.2, 0.25) is 5.02 Å². The van der Waals surface area contributed by atoms with E-state index < -0.39 is 5.97 Å². The molecule has 2 heterocycles. The average Bonchev–Trinajstić information content (AvgIpc) is 2.78. The minimum Gasteiger partial charge on any atom is -0.476 e. The molecular formula is C12H15ClN2O3. The number of aliphatic hydroxyl groups is 1. The zero-order valence-corrected chi connectivity index (χ0v) is 10.8. The van der Waals surface area contributed by atoms with Gasteiger partial charge in [0.25, 0.3) is 0 Å². The quantitative estimate of drug-likeness (QED) is 0.873. The van der Waals surface area contributed by atoms with Gasteiger partial charge in [-0.05, 0) is 25.5 Å². The first-order valence-corrected chi connectivity index (χ1v) is 6.19. The zero-order chi connectivity index (χ0) is 13.3. The molecule has 0 radical (unpaired) electrons. The van der Waals surface area contributed by atoms with Crippen molar-refractivity contribution in [2.45, 2.75) is 19.4 Å². The van der Waals surface area contributed by atoms with Crippen molar-refractivity contribution in [2.24, 2.45) is 5.92 Å². The summed E-state index contributed by atoms with van der Waals surface area (Å²) < 4.78 is 0. The van der Waals surface area contributed by atoms with Crippen LogP contribution in [0.4, 0.5) is 5.82 Å². The number of aromatic nitrogens is 1. The number of nitrogens with zero attached hydrogens (tertiary/aromatic N) is 2. The molecule has 1 aromatic rings. The van der Waals surface area contributed by atoms with Gasteiger partial charge in [0.1, 0.15) is 5.82 Å². The number of carboxylic acid groups (broad SMARTS) is 1. The van der Waals surface area contributed by atoms with Crippen molar-refractivity contribution in [3.63, 3.8) is 0 Å². The first kappa shape index (κ1) is 13.1. The summed E-state index contributed by atoms with van der Waals surface area (Å²) in [4.78, 5) is 17.0. The lowest BCUT2D eigenvalue weighted by Crippen LogP contribution is -2.25. The molecule has 0 amide bonds. The molecule has 2 unspecified atom stereocenters.